The Morgan fingerprint density at radius 3 is 2.28 bits per heavy atom. The molecule has 0 aliphatic carbocycles. The molecule has 2 atom stereocenters. The lowest BCUT2D eigenvalue weighted by Crippen LogP contribution is -2.49. The number of alkyl halides is 3. The molecule has 2 aliphatic heterocycles. The predicted octanol–water partition coefficient (Wildman–Crippen LogP) is 2.93. The minimum absolute atomic E-state index is 0.194. The largest absolute Gasteiger partial charge is 0.390 e. The van der Waals surface area contributed by atoms with Crippen LogP contribution in [0, 0.1) is 0 Å². The molecule has 0 aromatic carbocycles. The van der Waals surface area contributed by atoms with E-state index in [4.69, 9.17) is 0 Å². The van der Waals surface area contributed by atoms with E-state index in [9.17, 15) is 13.2 Å². The zero-order valence-corrected chi connectivity index (χ0v) is 11.0. The van der Waals surface area contributed by atoms with Crippen LogP contribution in [0.5, 0.6) is 0 Å². The summed E-state index contributed by atoms with van der Waals surface area (Å²) in [5.41, 5.74) is 0. The fourth-order valence-electron chi connectivity index (χ4n) is 3.41. The second-order valence-electron chi connectivity index (χ2n) is 5.61. The van der Waals surface area contributed by atoms with Gasteiger partial charge in [-0.15, -0.1) is 0 Å². The summed E-state index contributed by atoms with van der Waals surface area (Å²) in [6, 6.07) is 1.27. The maximum absolute atomic E-state index is 12.3. The summed E-state index contributed by atoms with van der Waals surface area (Å²) in [5.74, 6) is 0. The van der Waals surface area contributed by atoms with Crippen LogP contribution in [0.3, 0.4) is 0 Å². The molecule has 0 aromatic heterocycles. The molecule has 2 heterocycles. The van der Waals surface area contributed by atoms with Crippen LogP contribution in [-0.4, -0.2) is 42.3 Å². The van der Waals surface area contributed by atoms with E-state index in [0.717, 1.165) is 38.6 Å². The van der Waals surface area contributed by atoms with E-state index in [-0.39, 0.29) is 6.54 Å². The van der Waals surface area contributed by atoms with E-state index in [1.807, 2.05) is 0 Å². The molecule has 2 saturated heterocycles. The highest BCUT2D eigenvalue weighted by Gasteiger charge is 2.41. The summed E-state index contributed by atoms with van der Waals surface area (Å²) >= 11 is 0. The predicted molar refractivity (Wildman–Crippen MR) is 65.5 cm³/mol. The lowest BCUT2D eigenvalue weighted by molar-refractivity contribution is -0.140. The Labute approximate surface area is 107 Å². The third kappa shape index (κ3) is 3.60. The molecule has 2 bridgehead atoms. The molecule has 1 N–H and O–H groups in total. The first-order valence-electron chi connectivity index (χ1n) is 7.05. The van der Waals surface area contributed by atoms with Crippen LogP contribution in [0.1, 0.15) is 45.4 Å². The molecule has 0 amide bonds. The molecule has 2 fully saturated rings. The molecular weight excluding hydrogens is 241 g/mol. The molecule has 2 rings (SSSR count). The topological polar surface area (TPSA) is 15.3 Å². The van der Waals surface area contributed by atoms with E-state index < -0.39 is 12.6 Å². The monoisotopic (exact) mass is 264 g/mol. The first-order chi connectivity index (χ1) is 8.49. The normalized spacial score (nSPS) is 33.0. The standard InChI is InChI=1S/C13H23F3N2/c1-2-6-17-10-8-11-3-4-12(9-10)18(11)7-5-13(14,15)16/h10-12,17H,2-9H2,1H3. The summed E-state index contributed by atoms with van der Waals surface area (Å²) < 4.78 is 36.9. The zero-order valence-electron chi connectivity index (χ0n) is 11.0. The lowest BCUT2D eigenvalue weighted by Gasteiger charge is -2.39. The summed E-state index contributed by atoms with van der Waals surface area (Å²) in [6.07, 6.45) is 0.635. The third-order valence-electron chi connectivity index (χ3n) is 4.22. The van der Waals surface area contributed by atoms with Gasteiger partial charge >= 0.3 is 6.18 Å². The average Bonchev–Trinajstić information content (AvgIpc) is 2.53. The van der Waals surface area contributed by atoms with Crippen molar-refractivity contribution in [2.75, 3.05) is 13.1 Å². The molecule has 2 nitrogen and oxygen atoms in total. The molecule has 0 spiro atoms. The van der Waals surface area contributed by atoms with Gasteiger partial charge in [-0.2, -0.15) is 13.2 Å². The van der Waals surface area contributed by atoms with Gasteiger partial charge in [0.1, 0.15) is 0 Å². The van der Waals surface area contributed by atoms with Gasteiger partial charge in [0.2, 0.25) is 0 Å². The first-order valence-corrected chi connectivity index (χ1v) is 7.05. The van der Waals surface area contributed by atoms with Gasteiger partial charge in [-0.3, -0.25) is 4.90 Å². The van der Waals surface area contributed by atoms with Crippen LogP contribution in [0.15, 0.2) is 0 Å². The van der Waals surface area contributed by atoms with Gasteiger partial charge in [-0.25, -0.2) is 0 Å². The highest BCUT2D eigenvalue weighted by Crippen LogP contribution is 2.36. The van der Waals surface area contributed by atoms with Gasteiger partial charge < -0.3 is 5.32 Å². The molecule has 18 heavy (non-hydrogen) atoms. The van der Waals surface area contributed by atoms with Crippen molar-refractivity contribution in [3.05, 3.63) is 0 Å². The van der Waals surface area contributed by atoms with Gasteiger partial charge in [0.15, 0.2) is 0 Å². The van der Waals surface area contributed by atoms with Crippen molar-refractivity contribution in [3.63, 3.8) is 0 Å². The molecule has 0 radical (unpaired) electrons. The highest BCUT2D eigenvalue weighted by molar-refractivity contribution is 4.97. The van der Waals surface area contributed by atoms with E-state index in [1.165, 1.54) is 0 Å². The number of hydrogen-bond donors (Lipinski definition) is 1. The van der Waals surface area contributed by atoms with E-state index in [1.54, 1.807) is 0 Å². The minimum atomic E-state index is -4.02. The second kappa shape index (κ2) is 5.78. The Hall–Kier alpha value is -0.290. The van der Waals surface area contributed by atoms with Crippen molar-refractivity contribution in [3.8, 4) is 0 Å². The SMILES string of the molecule is CCCNC1CC2CCC(C1)N2CCC(F)(F)F. The number of piperidine rings is 1. The summed E-state index contributed by atoms with van der Waals surface area (Å²) in [7, 11) is 0. The molecule has 106 valence electrons. The molecular formula is C13H23F3N2. The number of hydrogen-bond acceptors (Lipinski definition) is 2. The Balaban J connectivity index is 1.82. The molecule has 0 aromatic rings. The maximum Gasteiger partial charge on any atom is 0.390 e. The van der Waals surface area contributed by atoms with Gasteiger partial charge in [0.25, 0.3) is 0 Å². The van der Waals surface area contributed by atoms with Crippen LogP contribution in [-0.2, 0) is 0 Å². The van der Waals surface area contributed by atoms with Crippen LogP contribution in [0.4, 0.5) is 13.2 Å². The molecule has 2 aliphatic rings. The van der Waals surface area contributed by atoms with Gasteiger partial charge in [0.05, 0.1) is 6.42 Å². The highest BCUT2D eigenvalue weighted by atomic mass is 19.4. The average molecular weight is 264 g/mol. The minimum Gasteiger partial charge on any atom is -0.314 e. The number of halogens is 3. The number of nitrogens with zero attached hydrogens (tertiary/aromatic N) is 1. The van der Waals surface area contributed by atoms with Gasteiger partial charge in [0, 0.05) is 24.7 Å². The van der Waals surface area contributed by atoms with Gasteiger partial charge in [-0.05, 0) is 38.6 Å². The number of rotatable bonds is 5. The number of fused-ring (bicyclic) bond motifs is 2. The Bertz CT molecular complexity index is 253. The summed E-state index contributed by atoms with van der Waals surface area (Å²) in [6.45, 7) is 3.35. The zero-order chi connectivity index (χ0) is 13.2. The fourth-order valence-corrected chi connectivity index (χ4v) is 3.41. The molecule has 5 heteroatoms. The lowest BCUT2D eigenvalue weighted by atomic mass is 9.97. The van der Waals surface area contributed by atoms with E-state index in [0.29, 0.717) is 18.1 Å². The first kappa shape index (κ1) is 14.1. The van der Waals surface area contributed by atoms with E-state index >= 15 is 0 Å². The third-order valence-corrected chi connectivity index (χ3v) is 4.22. The van der Waals surface area contributed by atoms with Crippen LogP contribution in [0.25, 0.3) is 0 Å². The summed E-state index contributed by atoms with van der Waals surface area (Å²) in [4.78, 5) is 2.11. The Morgan fingerprint density at radius 2 is 1.78 bits per heavy atom. The van der Waals surface area contributed by atoms with Crippen molar-refractivity contribution in [1.29, 1.82) is 0 Å². The Kier molecular flexibility index (Phi) is 4.54. The second-order valence-corrected chi connectivity index (χ2v) is 5.61. The van der Waals surface area contributed by atoms with Crippen molar-refractivity contribution >= 4 is 0 Å². The molecule has 0 saturated carbocycles. The fraction of sp³-hybridized carbons (Fsp3) is 1.00. The smallest absolute Gasteiger partial charge is 0.314 e. The summed E-state index contributed by atoms with van der Waals surface area (Å²) in [5, 5.41) is 3.52. The van der Waals surface area contributed by atoms with E-state index in [2.05, 4.69) is 17.1 Å². The van der Waals surface area contributed by atoms with Crippen molar-refractivity contribution in [1.82, 2.24) is 10.2 Å². The van der Waals surface area contributed by atoms with Crippen LogP contribution in [0.2, 0.25) is 0 Å². The van der Waals surface area contributed by atoms with Crippen molar-refractivity contribution < 1.29 is 13.2 Å². The maximum atomic E-state index is 12.3. The quantitative estimate of drug-likeness (QED) is 0.821. The van der Waals surface area contributed by atoms with Gasteiger partial charge in [-0.1, -0.05) is 6.92 Å². The van der Waals surface area contributed by atoms with Crippen LogP contribution < -0.4 is 5.32 Å². The number of nitrogens with one attached hydrogen (secondary N) is 1. The van der Waals surface area contributed by atoms with Crippen molar-refractivity contribution in [2.24, 2.45) is 0 Å². The van der Waals surface area contributed by atoms with Crippen LogP contribution >= 0.6 is 0 Å². The molecule has 2 unspecified atom stereocenters. The Morgan fingerprint density at radius 1 is 1.17 bits per heavy atom. The van der Waals surface area contributed by atoms with Crippen molar-refractivity contribution in [2.45, 2.75) is 69.8 Å².